The molecule has 4 rings (SSSR count). The standard InChI is InChI=1S/C29H30/c1-20-10-6-5-7-12-26(20)28-18-24(16-14-22(28)3)25-17-15-23(4)29(19-25)27-13-9-8-11-21(27)2/h6,8-11,13-19H,5,7,12H2,1-4H3. The quantitative estimate of drug-likeness (QED) is 0.429. The summed E-state index contributed by atoms with van der Waals surface area (Å²) in [4.78, 5) is 0. The highest BCUT2D eigenvalue weighted by molar-refractivity contribution is 5.81. The third-order valence-electron chi connectivity index (χ3n) is 6.21. The summed E-state index contributed by atoms with van der Waals surface area (Å²) < 4.78 is 0. The molecule has 0 heteroatoms. The van der Waals surface area contributed by atoms with Gasteiger partial charge < -0.3 is 0 Å². The van der Waals surface area contributed by atoms with Crippen LogP contribution in [0.5, 0.6) is 0 Å². The van der Waals surface area contributed by atoms with Crippen LogP contribution in [0.25, 0.3) is 27.8 Å². The van der Waals surface area contributed by atoms with Gasteiger partial charge in [-0.05, 0) is 115 Å². The highest BCUT2D eigenvalue weighted by Gasteiger charge is 2.13. The van der Waals surface area contributed by atoms with Gasteiger partial charge in [0.05, 0.1) is 0 Å². The summed E-state index contributed by atoms with van der Waals surface area (Å²) in [6.07, 6.45) is 8.18. The lowest BCUT2D eigenvalue weighted by Crippen LogP contribution is -1.94. The third-order valence-corrected chi connectivity index (χ3v) is 6.21. The summed E-state index contributed by atoms with van der Waals surface area (Å²) >= 11 is 0. The molecule has 0 aromatic heterocycles. The van der Waals surface area contributed by atoms with Gasteiger partial charge in [-0.2, -0.15) is 0 Å². The van der Waals surface area contributed by atoms with E-state index >= 15 is 0 Å². The summed E-state index contributed by atoms with van der Waals surface area (Å²) in [7, 11) is 0. The Balaban J connectivity index is 1.82. The average Bonchev–Trinajstić information content (AvgIpc) is 2.94. The van der Waals surface area contributed by atoms with Crippen LogP contribution in [0.1, 0.15) is 48.4 Å². The molecule has 0 heterocycles. The second-order valence-corrected chi connectivity index (χ2v) is 8.33. The lowest BCUT2D eigenvalue weighted by molar-refractivity contribution is 0.885. The lowest BCUT2D eigenvalue weighted by Gasteiger charge is -2.16. The second kappa shape index (κ2) is 8.25. The molecule has 0 spiro atoms. The van der Waals surface area contributed by atoms with Crippen molar-refractivity contribution in [2.24, 2.45) is 0 Å². The Morgan fingerprint density at radius 3 is 1.97 bits per heavy atom. The van der Waals surface area contributed by atoms with Crippen LogP contribution in [0.2, 0.25) is 0 Å². The number of rotatable bonds is 3. The van der Waals surface area contributed by atoms with E-state index in [1.54, 1.807) is 0 Å². The van der Waals surface area contributed by atoms with Gasteiger partial charge in [0.15, 0.2) is 0 Å². The van der Waals surface area contributed by atoms with E-state index in [0.29, 0.717) is 0 Å². The first-order valence-corrected chi connectivity index (χ1v) is 10.7. The maximum absolute atomic E-state index is 2.40. The van der Waals surface area contributed by atoms with Crippen molar-refractivity contribution in [3.05, 3.63) is 101 Å². The van der Waals surface area contributed by atoms with E-state index in [2.05, 4.69) is 101 Å². The highest BCUT2D eigenvalue weighted by atomic mass is 14.2. The van der Waals surface area contributed by atoms with Gasteiger partial charge in [0.25, 0.3) is 0 Å². The minimum absolute atomic E-state index is 1.16. The number of allylic oxidation sites excluding steroid dienone is 4. The van der Waals surface area contributed by atoms with Gasteiger partial charge in [-0.1, -0.05) is 60.7 Å². The molecule has 0 N–H and O–H groups in total. The van der Waals surface area contributed by atoms with E-state index in [9.17, 15) is 0 Å². The molecule has 29 heavy (non-hydrogen) atoms. The molecule has 0 amide bonds. The molecule has 146 valence electrons. The number of hydrogen-bond acceptors (Lipinski definition) is 0. The summed E-state index contributed by atoms with van der Waals surface area (Å²) in [5.74, 6) is 0. The summed E-state index contributed by atoms with van der Waals surface area (Å²) in [6, 6.07) is 22.5. The summed E-state index contributed by atoms with van der Waals surface area (Å²) in [5.41, 5.74) is 13.6. The fourth-order valence-electron chi connectivity index (χ4n) is 4.40. The molecule has 3 aromatic carbocycles. The van der Waals surface area contributed by atoms with E-state index in [1.165, 1.54) is 68.5 Å². The van der Waals surface area contributed by atoms with Gasteiger partial charge in [-0.25, -0.2) is 0 Å². The van der Waals surface area contributed by atoms with Crippen LogP contribution in [0.15, 0.2) is 78.4 Å². The van der Waals surface area contributed by atoms with Crippen molar-refractivity contribution in [2.45, 2.75) is 47.0 Å². The molecule has 0 atom stereocenters. The van der Waals surface area contributed by atoms with E-state index in [4.69, 9.17) is 0 Å². The Bertz CT molecular complexity index is 1110. The van der Waals surface area contributed by atoms with E-state index < -0.39 is 0 Å². The van der Waals surface area contributed by atoms with Gasteiger partial charge in [-0.3, -0.25) is 0 Å². The minimum Gasteiger partial charge on any atom is -0.0843 e. The SMILES string of the molecule is CC1=C(c2cc(-c3ccc(C)c(-c4ccccc4C)c3)ccc2C)CCCC=C1. The zero-order chi connectivity index (χ0) is 20.4. The van der Waals surface area contributed by atoms with Crippen LogP contribution in [-0.2, 0) is 0 Å². The molecule has 0 nitrogen and oxygen atoms in total. The van der Waals surface area contributed by atoms with Crippen molar-refractivity contribution in [3.63, 3.8) is 0 Å². The normalized spacial score (nSPS) is 14.2. The first kappa shape index (κ1) is 19.5. The van der Waals surface area contributed by atoms with E-state index in [1.807, 2.05) is 0 Å². The van der Waals surface area contributed by atoms with Gasteiger partial charge in [-0.15, -0.1) is 0 Å². The Labute approximate surface area is 175 Å². The first-order chi connectivity index (χ1) is 14.0. The largest absolute Gasteiger partial charge is 0.0843 e. The molecule has 0 aliphatic heterocycles. The second-order valence-electron chi connectivity index (χ2n) is 8.33. The number of aryl methyl sites for hydroxylation is 3. The molecule has 0 radical (unpaired) electrons. The maximum atomic E-state index is 2.40. The van der Waals surface area contributed by atoms with Crippen molar-refractivity contribution in [3.8, 4) is 22.3 Å². The molecule has 3 aromatic rings. The smallest absolute Gasteiger partial charge is 0.0146 e. The van der Waals surface area contributed by atoms with E-state index in [-0.39, 0.29) is 0 Å². The number of benzene rings is 3. The van der Waals surface area contributed by atoms with Crippen molar-refractivity contribution in [1.82, 2.24) is 0 Å². The molecule has 0 fully saturated rings. The zero-order valence-electron chi connectivity index (χ0n) is 18.0. The molecule has 0 saturated heterocycles. The number of hydrogen-bond donors (Lipinski definition) is 0. The topological polar surface area (TPSA) is 0 Å². The molecule has 0 saturated carbocycles. The fraction of sp³-hybridized carbons (Fsp3) is 0.241. The predicted octanol–water partition coefficient (Wildman–Crippen LogP) is 8.46. The monoisotopic (exact) mass is 378 g/mol. The molecule has 1 aliphatic carbocycles. The van der Waals surface area contributed by atoms with Crippen LogP contribution in [0.4, 0.5) is 0 Å². The first-order valence-electron chi connectivity index (χ1n) is 10.7. The third kappa shape index (κ3) is 3.98. The summed E-state index contributed by atoms with van der Waals surface area (Å²) in [6.45, 7) is 8.89. The van der Waals surface area contributed by atoms with Crippen LogP contribution in [0.3, 0.4) is 0 Å². The Kier molecular flexibility index (Phi) is 5.53. The molecule has 0 unspecified atom stereocenters. The Morgan fingerprint density at radius 2 is 1.24 bits per heavy atom. The van der Waals surface area contributed by atoms with Crippen LogP contribution < -0.4 is 0 Å². The van der Waals surface area contributed by atoms with Gasteiger partial charge in [0.1, 0.15) is 0 Å². The van der Waals surface area contributed by atoms with Crippen LogP contribution in [0, 0.1) is 20.8 Å². The lowest BCUT2D eigenvalue weighted by atomic mass is 9.89. The Hall–Kier alpha value is -2.86. The Morgan fingerprint density at radius 1 is 0.621 bits per heavy atom. The minimum atomic E-state index is 1.16. The fourth-order valence-corrected chi connectivity index (χ4v) is 4.40. The molecule has 1 aliphatic rings. The maximum Gasteiger partial charge on any atom is -0.0146 e. The van der Waals surface area contributed by atoms with Crippen LogP contribution >= 0.6 is 0 Å². The summed E-state index contributed by atoms with van der Waals surface area (Å²) in [5, 5.41) is 0. The van der Waals surface area contributed by atoms with Crippen molar-refractivity contribution >= 4 is 5.57 Å². The average molecular weight is 379 g/mol. The molecular formula is C29H30. The van der Waals surface area contributed by atoms with Gasteiger partial charge in [0, 0.05) is 0 Å². The van der Waals surface area contributed by atoms with Crippen molar-refractivity contribution < 1.29 is 0 Å². The predicted molar refractivity (Wildman–Crippen MR) is 127 cm³/mol. The zero-order valence-corrected chi connectivity index (χ0v) is 18.0. The highest BCUT2D eigenvalue weighted by Crippen LogP contribution is 2.35. The van der Waals surface area contributed by atoms with Crippen molar-refractivity contribution in [2.75, 3.05) is 0 Å². The molecule has 0 bridgehead atoms. The molecular weight excluding hydrogens is 348 g/mol. The van der Waals surface area contributed by atoms with Crippen molar-refractivity contribution in [1.29, 1.82) is 0 Å². The van der Waals surface area contributed by atoms with Crippen LogP contribution in [-0.4, -0.2) is 0 Å². The van der Waals surface area contributed by atoms with E-state index in [0.717, 1.165) is 6.42 Å². The van der Waals surface area contributed by atoms with Gasteiger partial charge >= 0.3 is 0 Å². The van der Waals surface area contributed by atoms with Gasteiger partial charge in [0.2, 0.25) is 0 Å².